The number of hydrogen-bond acceptors (Lipinski definition) is 2. The fraction of sp³-hybridized carbons (Fsp3) is 0.455. The minimum Gasteiger partial charge on any atom is -0.258 e. The molecule has 1 atom stereocenters. The minimum atomic E-state index is -0.542. The smallest absolute Gasteiger partial charge is 0.258 e. The third kappa shape index (κ3) is 3.51. The van der Waals surface area contributed by atoms with Crippen molar-refractivity contribution in [3.63, 3.8) is 0 Å². The quantitative estimate of drug-likeness (QED) is 0.370. The zero-order valence-electron chi connectivity index (χ0n) is 9.63. The predicted molar refractivity (Wildman–Crippen MR) is 80.5 cm³/mol. The molecule has 0 aromatic heterocycles. The first-order valence-corrected chi connectivity index (χ1v) is 7.34. The summed E-state index contributed by atoms with van der Waals surface area (Å²) in [5, 5.41) is 11.1. The van der Waals surface area contributed by atoms with Crippen molar-refractivity contribution in [3.05, 3.63) is 38.9 Å². The monoisotopic (exact) mass is 427 g/mol. The Labute approximate surface area is 126 Å². The Bertz CT molecular complexity index is 455. The molecule has 0 aliphatic heterocycles. The Balaban J connectivity index is 3.41. The van der Waals surface area contributed by atoms with Crippen molar-refractivity contribution in [2.75, 3.05) is 0 Å². The van der Waals surface area contributed by atoms with Gasteiger partial charge in [-0.3, -0.25) is 10.1 Å². The fourth-order valence-electron chi connectivity index (χ4n) is 1.50. The average Bonchev–Trinajstić information content (AvgIpc) is 2.18. The molecule has 17 heavy (non-hydrogen) atoms. The summed E-state index contributed by atoms with van der Waals surface area (Å²) < 4.78 is -0.542. The molecule has 94 valence electrons. The zero-order valence-corrected chi connectivity index (χ0v) is 14.4. The Morgan fingerprint density at radius 1 is 1.24 bits per heavy atom. The fourth-order valence-corrected chi connectivity index (χ4v) is 2.24. The number of nitro groups is 1. The highest BCUT2D eigenvalue weighted by atomic mass is 80.0. The molecule has 1 aromatic rings. The summed E-state index contributed by atoms with van der Waals surface area (Å²) in [5.74, 6) is -0.0952. The van der Waals surface area contributed by atoms with Crippen LogP contribution in [-0.2, 0) is 0 Å². The van der Waals surface area contributed by atoms with Gasteiger partial charge in [-0.2, -0.15) is 0 Å². The second-order valence-corrected chi connectivity index (χ2v) is 11.0. The molecular weight excluding hydrogens is 418 g/mol. The standard InChI is InChI=1S/C11H12Br3NO2/c1-6-4-9(8(3)11(12,13)14)10(15(16)17)5-7(6)2/h4-5,8H,1-3H3. The molecule has 0 spiro atoms. The van der Waals surface area contributed by atoms with E-state index in [1.165, 1.54) is 0 Å². The van der Waals surface area contributed by atoms with Crippen LogP contribution in [0, 0.1) is 24.0 Å². The van der Waals surface area contributed by atoms with E-state index in [1.54, 1.807) is 6.07 Å². The Hall–Kier alpha value is 0.0600. The summed E-state index contributed by atoms with van der Waals surface area (Å²) in [7, 11) is 0. The van der Waals surface area contributed by atoms with Gasteiger partial charge in [0.15, 0.2) is 0 Å². The van der Waals surface area contributed by atoms with Gasteiger partial charge in [0.2, 0.25) is 0 Å². The summed E-state index contributed by atoms with van der Waals surface area (Å²) in [6.07, 6.45) is 0. The van der Waals surface area contributed by atoms with Crippen LogP contribution >= 0.6 is 47.8 Å². The van der Waals surface area contributed by atoms with Gasteiger partial charge in [-0.1, -0.05) is 54.7 Å². The molecule has 1 unspecified atom stereocenters. The SMILES string of the molecule is Cc1cc(C(C)C(Br)(Br)Br)c([N+](=O)[O-])cc1C. The van der Waals surface area contributed by atoms with E-state index >= 15 is 0 Å². The minimum absolute atomic E-state index is 0.0952. The van der Waals surface area contributed by atoms with Crippen LogP contribution in [0.15, 0.2) is 12.1 Å². The number of benzene rings is 1. The first kappa shape index (κ1) is 15.1. The van der Waals surface area contributed by atoms with Gasteiger partial charge in [0.05, 0.1) is 4.92 Å². The lowest BCUT2D eigenvalue weighted by Gasteiger charge is -2.22. The zero-order chi connectivity index (χ0) is 13.4. The van der Waals surface area contributed by atoms with E-state index in [0.717, 1.165) is 11.1 Å². The van der Waals surface area contributed by atoms with Gasteiger partial charge in [0.1, 0.15) is 2.14 Å². The van der Waals surface area contributed by atoms with Gasteiger partial charge in [-0.25, -0.2) is 0 Å². The van der Waals surface area contributed by atoms with E-state index in [4.69, 9.17) is 0 Å². The van der Waals surface area contributed by atoms with E-state index in [9.17, 15) is 10.1 Å². The molecule has 0 aliphatic rings. The largest absolute Gasteiger partial charge is 0.273 e. The third-order valence-electron chi connectivity index (χ3n) is 2.80. The maximum Gasteiger partial charge on any atom is 0.273 e. The maximum absolute atomic E-state index is 11.1. The van der Waals surface area contributed by atoms with Gasteiger partial charge in [-0.05, 0) is 31.0 Å². The first-order valence-electron chi connectivity index (χ1n) is 4.97. The summed E-state index contributed by atoms with van der Waals surface area (Å²) in [6, 6.07) is 3.50. The number of rotatable bonds is 2. The topological polar surface area (TPSA) is 43.1 Å². The van der Waals surface area contributed by atoms with Crippen LogP contribution in [0.1, 0.15) is 29.5 Å². The third-order valence-corrected chi connectivity index (χ3v) is 4.86. The van der Waals surface area contributed by atoms with Crippen molar-refractivity contribution < 1.29 is 4.92 Å². The van der Waals surface area contributed by atoms with E-state index in [1.807, 2.05) is 26.8 Å². The van der Waals surface area contributed by atoms with Gasteiger partial charge in [-0.15, -0.1) is 0 Å². The molecule has 3 nitrogen and oxygen atoms in total. The van der Waals surface area contributed by atoms with Crippen LogP contribution in [0.5, 0.6) is 0 Å². The number of halogens is 3. The Kier molecular flexibility index (Phi) is 4.77. The van der Waals surface area contributed by atoms with Crippen LogP contribution < -0.4 is 0 Å². The molecule has 6 heteroatoms. The lowest BCUT2D eigenvalue weighted by molar-refractivity contribution is -0.385. The number of hydrogen-bond donors (Lipinski definition) is 0. The summed E-state index contributed by atoms with van der Waals surface area (Å²) >= 11 is 10.3. The van der Waals surface area contributed by atoms with Crippen LogP contribution in [0.3, 0.4) is 0 Å². The second-order valence-electron chi connectivity index (χ2n) is 4.02. The molecule has 0 saturated heterocycles. The van der Waals surface area contributed by atoms with Crippen molar-refractivity contribution in [2.45, 2.75) is 28.8 Å². The average molecular weight is 430 g/mol. The van der Waals surface area contributed by atoms with Crippen molar-refractivity contribution in [2.24, 2.45) is 0 Å². The highest BCUT2D eigenvalue weighted by molar-refractivity contribution is 9.39. The van der Waals surface area contributed by atoms with Crippen LogP contribution in [0.2, 0.25) is 0 Å². The molecule has 0 amide bonds. The van der Waals surface area contributed by atoms with E-state index in [2.05, 4.69) is 47.8 Å². The van der Waals surface area contributed by atoms with Gasteiger partial charge in [0.25, 0.3) is 5.69 Å². The lowest BCUT2D eigenvalue weighted by atomic mass is 9.96. The predicted octanol–water partition coefficient (Wildman–Crippen LogP) is 5.15. The van der Waals surface area contributed by atoms with Gasteiger partial charge in [0, 0.05) is 17.5 Å². The number of aryl methyl sites for hydroxylation is 2. The van der Waals surface area contributed by atoms with Crippen molar-refractivity contribution in [1.29, 1.82) is 0 Å². The number of nitrogens with zero attached hydrogens (tertiary/aromatic N) is 1. The Morgan fingerprint density at radius 2 is 1.71 bits per heavy atom. The Morgan fingerprint density at radius 3 is 2.12 bits per heavy atom. The molecule has 1 aromatic carbocycles. The number of alkyl halides is 3. The van der Waals surface area contributed by atoms with Crippen molar-refractivity contribution in [3.8, 4) is 0 Å². The first-order chi connectivity index (χ1) is 7.64. The molecule has 0 saturated carbocycles. The van der Waals surface area contributed by atoms with E-state index < -0.39 is 2.14 Å². The molecule has 0 fully saturated rings. The van der Waals surface area contributed by atoms with Gasteiger partial charge >= 0.3 is 0 Å². The molecule has 0 radical (unpaired) electrons. The maximum atomic E-state index is 11.1. The molecule has 0 heterocycles. The second kappa shape index (κ2) is 5.36. The highest BCUT2D eigenvalue weighted by Crippen LogP contribution is 2.48. The van der Waals surface area contributed by atoms with E-state index in [0.29, 0.717) is 5.56 Å². The summed E-state index contributed by atoms with van der Waals surface area (Å²) in [5.41, 5.74) is 2.83. The molecule has 0 aliphatic carbocycles. The van der Waals surface area contributed by atoms with Crippen molar-refractivity contribution in [1.82, 2.24) is 0 Å². The summed E-state index contributed by atoms with van der Waals surface area (Å²) in [6.45, 7) is 5.74. The summed E-state index contributed by atoms with van der Waals surface area (Å²) in [4.78, 5) is 10.7. The van der Waals surface area contributed by atoms with E-state index in [-0.39, 0.29) is 16.5 Å². The molecule has 0 N–H and O–H groups in total. The van der Waals surface area contributed by atoms with Crippen LogP contribution in [0.4, 0.5) is 5.69 Å². The highest BCUT2D eigenvalue weighted by Gasteiger charge is 2.33. The molecular formula is C11H12Br3NO2. The van der Waals surface area contributed by atoms with Crippen LogP contribution in [0.25, 0.3) is 0 Å². The van der Waals surface area contributed by atoms with Crippen molar-refractivity contribution >= 4 is 53.5 Å². The van der Waals surface area contributed by atoms with Crippen LogP contribution in [-0.4, -0.2) is 7.07 Å². The number of nitro benzene ring substituents is 1. The lowest BCUT2D eigenvalue weighted by Crippen LogP contribution is -2.14. The molecule has 1 rings (SSSR count). The molecule has 0 bridgehead atoms. The van der Waals surface area contributed by atoms with Gasteiger partial charge < -0.3 is 0 Å². The normalized spacial score (nSPS) is 13.5.